The zero-order valence-corrected chi connectivity index (χ0v) is 13.8. The van der Waals surface area contributed by atoms with Crippen molar-refractivity contribution in [2.45, 2.75) is 44.2 Å². The number of hydrogen-bond donors (Lipinski definition) is 1. The quantitative estimate of drug-likeness (QED) is 0.916. The molecule has 0 bridgehead atoms. The van der Waals surface area contributed by atoms with Crippen molar-refractivity contribution in [3.8, 4) is 0 Å². The monoisotopic (exact) mass is 338 g/mol. The van der Waals surface area contributed by atoms with Crippen molar-refractivity contribution < 1.29 is 18.7 Å². The lowest BCUT2D eigenvalue weighted by Gasteiger charge is -2.41. The minimum absolute atomic E-state index is 0.00919. The van der Waals surface area contributed by atoms with Gasteiger partial charge in [-0.05, 0) is 44.8 Å². The minimum Gasteiger partial charge on any atom is -0.379 e. The van der Waals surface area contributed by atoms with Crippen molar-refractivity contribution in [3.63, 3.8) is 0 Å². The smallest absolute Gasteiger partial charge is 0.256 e. The highest BCUT2D eigenvalue weighted by molar-refractivity contribution is 5.86. The van der Waals surface area contributed by atoms with Crippen molar-refractivity contribution >= 4 is 5.91 Å². The van der Waals surface area contributed by atoms with Crippen molar-refractivity contribution in [2.24, 2.45) is 0 Å². The van der Waals surface area contributed by atoms with Gasteiger partial charge < -0.3 is 10.0 Å². The first kappa shape index (κ1) is 17.3. The van der Waals surface area contributed by atoms with Gasteiger partial charge in [-0.1, -0.05) is 18.6 Å². The molecule has 2 aliphatic heterocycles. The Kier molecular flexibility index (Phi) is 5.15. The fourth-order valence-corrected chi connectivity index (χ4v) is 3.73. The number of β-amino-alcohol motifs (C(OH)–C–C–N with tert-alkyl or cyclic N) is 1. The molecule has 6 heteroatoms. The molecule has 2 aliphatic rings. The number of amides is 1. The Labute approximate surface area is 141 Å². The lowest BCUT2D eigenvalue weighted by molar-refractivity contribution is -0.160. The average Bonchev–Trinajstić information content (AvgIpc) is 2.57. The molecule has 0 aliphatic carbocycles. The molecule has 2 heterocycles. The van der Waals surface area contributed by atoms with Crippen LogP contribution in [0.2, 0.25) is 0 Å². The summed E-state index contributed by atoms with van der Waals surface area (Å²) in [5.74, 6) is -2.21. The van der Waals surface area contributed by atoms with E-state index >= 15 is 0 Å². The van der Waals surface area contributed by atoms with Crippen LogP contribution in [0.3, 0.4) is 0 Å². The fourth-order valence-electron chi connectivity index (χ4n) is 3.73. The Hall–Kier alpha value is -1.53. The summed E-state index contributed by atoms with van der Waals surface area (Å²) in [6.07, 6.45) is 4.44. The Morgan fingerprint density at radius 3 is 2.58 bits per heavy atom. The first-order valence-electron chi connectivity index (χ1n) is 8.67. The number of rotatable bonds is 4. The zero-order chi connectivity index (χ0) is 17.2. The van der Waals surface area contributed by atoms with Crippen LogP contribution in [0, 0.1) is 11.6 Å². The summed E-state index contributed by atoms with van der Waals surface area (Å²) in [4.78, 5) is 16.3. The molecule has 4 nitrogen and oxygen atoms in total. The van der Waals surface area contributed by atoms with Gasteiger partial charge in [0.05, 0.1) is 0 Å². The Morgan fingerprint density at radius 2 is 1.83 bits per heavy atom. The summed E-state index contributed by atoms with van der Waals surface area (Å²) < 4.78 is 27.2. The first-order valence-corrected chi connectivity index (χ1v) is 8.67. The summed E-state index contributed by atoms with van der Waals surface area (Å²) in [7, 11) is 0. The van der Waals surface area contributed by atoms with Gasteiger partial charge in [0.15, 0.2) is 17.2 Å². The normalized spacial score (nSPS) is 26.0. The van der Waals surface area contributed by atoms with Gasteiger partial charge in [0, 0.05) is 25.2 Å². The van der Waals surface area contributed by atoms with E-state index in [4.69, 9.17) is 0 Å². The standard InChI is InChI=1S/C18H24F2N2O2/c19-15-7-4-6-14(16(15)20)12-22-11-5-8-18(24,17(22)23)13-21-9-2-1-3-10-21/h4,6-7,24H,1-3,5,8-13H2/t18-/m0/s1. The molecule has 0 aromatic heterocycles. The third kappa shape index (κ3) is 3.59. The number of piperidine rings is 2. The maximum atomic E-state index is 13.9. The number of aliphatic hydroxyl groups is 1. The average molecular weight is 338 g/mol. The van der Waals surface area contributed by atoms with E-state index in [9.17, 15) is 18.7 Å². The second-order valence-electron chi connectivity index (χ2n) is 6.91. The molecule has 0 saturated carbocycles. The summed E-state index contributed by atoms with van der Waals surface area (Å²) in [5.41, 5.74) is -1.27. The minimum atomic E-state index is -1.42. The molecule has 1 aromatic carbocycles. The molecule has 2 saturated heterocycles. The second kappa shape index (κ2) is 7.15. The molecular weight excluding hydrogens is 314 g/mol. The molecule has 1 N–H and O–H groups in total. The number of benzene rings is 1. The molecule has 132 valence electrons. The summed E-state index contributed by atoms with van der Waals surface area (Å²) >= 11 is 0. The van der Waals surface area contributed by atoms with Gasteiger partial charge >= 0.3 is 0 Å². The van der Waals surface area contributed by atoms with E-state index in [0.717, 1.165) is 32.0 Å². The molecule has 24 heavy (non-hydrogen) atoms. The van der Waals surface area contributed by atoms with Crippen molar-refractivity contribution in [1.82, 2.24) is 9.80 Å². The van der Waals surface area contributed by atoms with Crippen LogP contribution in [0.1, 0.15) is 37.7 Å². The molecule has 2 fully saturated rings. The van der Waals surface area contributed by atoms with Gasteiger partial charge in [-0.2, -0.15) is 0 Å². The number of hydrogen-bond acceptors (Lipinski definition) is 3. The van der Waals surface area contributed by atoms with E-state index in [1.54, 1.807) is 0 Å². The van der Waals surface area contributed by atoms with Gasteiger partial charge in [0.2, 0.25) is 0 Å². The first-order chi connectivity index (χ1) is 11.5. The maximum absolute atomic E-state index is 13.9. The molecule has 1 aromatic rings. The van der Waals surface area contributed by atoms with Gasteiger partial charge in [-0.25, -0.2) is 8.78 Å². The third-order valence-electron chi connectivity index (χ3n) is 5.03. The fraction of sp³-hybridized carbons (Fsp3) is 0.611. The lowest BCUT2D eigenvalue weighted by atomic mass is 9.90. The highest BCUT2D eigenvalue weighted by Gasteiger charge is 2.43. The highest BCUT2D eigenvalue weighted by atomic mass is 19.2. The maximum Gasteiger partial charge on any atom is 0.256 e. The highest BCUT2D eigenvalue weighted by Crippen LogP contribution is 2.27. The number of nitrogens with zero attached hydrogens (tertiary/aromatic N) is 2. The van der Waals surface area contributed by atoms with Crippen LogP contribution in [0.5, 0.6) is 0 Å². The van der Waals surface area contributed by atoms with E-state index in [2.05, 4.69) is 4.90 Å². The number of halogens is 2. The van der Waals surface area contributed by atoms with Gasteiger partial charge in [-0.3, -0.25) is 9.69 Å². The topological polar surface area (TPSA) is 43.8 Å². The number of likely N-dealkylation sites (tertiary alicyclic amines) is 2. The molecular formula is C18H24F2N2O2. The van der Waals surface area contributed by atoms with Crippen LogP contribution in [-0.4, -0.2) is 52.6 Å². The van der Waals surface area contributed by atoms with Crippen LogP contribution in [0.25, 0.3) is 0 Å². The van der Waals surface area contributed by atoms with Crippen molar-refractivity contribution in [3.05, 3.63) is 35.4 Å². The lowest BCUT2D eigenvalue weighted by Crippen LogP contribution is -2.58. The Bertz CT molecular complexity index is 605. The molecule has 1 atom stereocenters. The van der Waals surface area contributed by atoms with Crippen LogP contribution >= 0.6 is 0 Å². The van der Waals surface area contributed by atoms with Crippen molar-refractivity contribution in [2.75, 3.05) is 26.2 Å². The predicted octanol–water partition coefficient (Wildman–Crippen LogP) is 2.30. The summed E-state index contributed by atoms with van der Waals surface area (Å²) in [5, 5.41) is 10.9. The Morgan fingerprint density at radius 1 is 1.08 bits per heavy atom. The van der Waals surface area contributed by atoms with E-state index in [1.807, 2.05) is 0 Å². The number of carbonyl (C=O) groups excluding carboxylic acids is 1. The molecule has 3 rings (SSSR count). The van der Waals surface area contributed by atoms with Crippen LogP contribution in [0.15, 0.2) is 18.2 Å². The van der Waals surface area contributed by atoms with Crippen molar-refractivity contribution in [1.29, 1.82) is 0 Å². The SMILES string of the molecule is O=C1N(Cc2cccc(F)c2F)CCC[C@]1(O)CN1CCCCC1. The summed E-state index contributed by atoms with van der Waals surface area (Å²) in [6.45, 7) is 2.57. The van der Waals surface area contributed by atoms with Crippen LogP contribution < -0.4 is 0 Å². The second-order valence-corrected chi connectivity index (χ2v) is 6.91. The van der Waals surface area contributed by atoms with Gasteiger partial charge in [0.25, 0.3) is 5.91 Å². The van der Waals surface area contributed by atoms with Gasteiger partial charge in [-0.15, -0.1) is 0 Å². The van der Waals surface area contributed by atoms with E-state index in [1.165, 1.54) is 23.5 Å². The molecule has 0 unspecified atom stereocenters. The van der Waals surface area contributed by atoms with E-state index in [0.29, 0.717) is 25.9 Å². The Balaban J connectivity index is 1.70. The number of carbonyl (C=O) groups is 1. The van der Waals surface area contributed by atoms with Crippen LogP contribution in [-0.2, 0) is 11.3 Å². The zero-order valence-electron chi connectivity index (χ0n) is 13.8. The largest absolute Gasteiger partial charge is 0.379 e. The van der Waals surface area contributed by atoms with Gasteiger partial charge in [0.1, 0.15) is 0 Å². The molecule has 0 radical (unpaired) electrons. The molecule has 0 spiro atoms. The molecule has 1 amide bonds. The third-order valence-corrected chi connectivity index (χ3v) is 5.03. The van der Waals surface area contributed by atoms with Crippen LogP contribution in [0.4, 0.5) is 8.78 Å². The van der Waals surface area contributed by atoms with E-state index < -0.39 is 17.2 Å². The van der Waals surface area contributed by atoms with E-state index in [-0.39, 0.29) is 18.0 Å². The predicted molar refractivity (Wildman–Crippen MR) is 86.2 cm³/mol. The summed E-state index contributed by atoms with van der Waals surface area (Å²) in [6, 6.07) is 3.97.